The summed E-state index contributed by atoms with van der Waals surface area (Å²) in [6, 6.07) is 1.45. The Morgan fingerprint density at radius 2 is 2.19 bits per heavy atom. The van der Waals surface area contributed by atoms with Crippen LogP contribution in [-0.2, 0) is 9.84 Å². The number of rotatable bonds is 4. The van der Waals surface area contributed by atoms with Crippen LogP contribution in [0.1, 0.15) is 10.4 Å². The van der Waals surface area contributed by atoms with E-state index in [1.807, 2.05) is 0 Å². The van der Waals surface area contributed by atoms with Gasteiger partial charge >= 0.3 is 0 Å². The van der Waals surface area contributed by atoms with Crippen LogP contribution in [0.4, 0.5) is 0 Å². The Morgan fingerprint density at radius 3 is 2.62 bits per heavy atom. The second-order valence-corrected chi connectivity index (χ2v) is 6.07. The van der Waals surface area contributed by atoms with Crippen LogP contribution in [0.2, 0.25) is 5.22 Å². The zero-order valence-corrected chi connectivity index (χ0v) is 10.5. The van der Waals surface area contributed by atoms with Crippen molar-refractivity contribution in [2.45, 2.75) is 0 Å². The van der Waals surface area contributed by atoms with Crippen LogP contribution < -0.4 is 0 Å². The lowest BCUT2D eigenvalue weighted by atomic mass is 10.3. The summed E-state index contributed by atoms with van der Waals surface area (Å²) in [7, 11) is -1.57. The van der Waals surface area contributed by atoms with Gasteiger partial charge < -0.3 is 9.32 Å². The predicted octanol–water partition coefficient (Wildman–Crippen LogP) is 1.05. The smallest absolute Gasteiger partial charge is 0.258 e. The number of hydrogen-bond acceptors (Lipinski definition) is 4. The summed E-state index contributed by atoms with van der Waals surface area (Å²) >= 11 is 5.64. The van der Waals surface area contributed by atoms with E-state index in [0.717, 1.165) is 6.26 Å². The molecule has 0 aliphatic carbocycles. The predicted molar refractivity (Wildman–Crippen MR) is 60.4 cm³/mol. The minimum Gasteiger partial charge on any atom is -0.452 e. The number of carbonyl (C=O) groups excluding carboxylic acids is 1. The maximum atomic E-state index is 11.7. The van der Waals surface area contributed by atoms with Crippen LogP contribution in [0, 0.1) is 0 Å². The average molecular weight is 266 g/mol. The third-order valence-corrected chi connectivity index (χ3v) is 3.21. The number of nitrogens with zero attached hydrogens (tertiary/aromatic N) is 1. The molecule has 1 aromatic rings. The standard InChI is InChI=1S/C9H12ClNO4S/c1-11(4-6-16(2,13)14)9(12)7-3-5-15-8(7)10/h3,5H,4,6H2,1-2H3. The lowest BCUT2D eigenvalue weighted by Crippen LogP contribution is -2.31. The Bertz CT molecular complexity index is 479. The monoisotopic (exact) mass is 265 g/mol. The Balaban J connectivity index is 2.66. The number of halogens is 1. The molecule has 5 nitrogen and oxygen atoms in total. The van der Waals surface area contributed by atoms with E-state index < -0.39 is 9.84 Å². The van der Waals surface area contributed by atoms with E-state index in [1.165, 1.54) is 24.3 Å². The molecular weight excluding hydrogens is 254 g/mol. The van der Waals surface area contributed by atoms with Crippen molar-refractivity contribution in [1.29, 1.82) is 0 Å². The minimum atomic E-state index is -3.08. The normalized spacial score (nSPS) is 11.4. The molecule has 1 aromatic heterocycles. The molecule has 0 aliphatic heterocycles. The first-order chi connectivity index (χ1) is 7.31. The average Bonchev–Trinajstić information content (AvgIpc) is 2.58. The minimum absolute atomic E-state index is 0.0104. The van der Waals surface area contributed by atoms with Gasteiger partial charge in [0.1, 0.15) is 9.84 Å². The number of hydrogen-bond donors (Lipinski definition) is 0. The van der Waals surface area contributed by atoms with Gasteiger partial charge in [0.25, 0.3) is 5.91 Å². The number of furan rings is 1. The highest BCUT2D eigenvalue weighted by atomic mass is 35.5. The Kier molecular flexibility index (Phi) is 3.98. The maximum Gasteiger partial charge on any atom is 0.258 e. The maximum absolute atomic E-state index is 11.7. The second-order valence-electron chi connectivity index (χ2n) is 3.46. The molecule has 0 atom stereocenters. The fraction of sp³-hybridized carbons (Fsp3) is 0.444. The fourth-order valence-corrected chi connectivity index (χ4v) is 1.86. The molecule has 0 saturated heterocycles. The van der Waals surface area contributed by atoms with E-state index in [2.05, 4.69) is 0 Å². The lowest BCUT2D eigenvalue weighted by molar-refractivity contribution is 0.0803. The van der Waals surface area contributed by atoms with Crippen molar-refractivity contribution in [3.05, 3.63) is 23.1 Å². The van der Waals surface area contributed by atoms with Crippen LogP contribution in [0.25, 0.3) is 0 Å². The first kappa shape index (κ1) is 13.1. The molecular formula is C9H12ClNO4S. The molecule has 0 aliphatic rings. The fourth-order valence-electron chi connectivity index (χ4n) is 1.06. The Hall–Kier alpha value is -1.01. The summed E-state index contributed by atoms with van der Waals surface area (Å²) in [6.45, 7) is 0.124. The molecule has 1 heterocycles. The quantitative estimate of drug-likeness (QED) is 0.816. The summed E-state index contributed by atoms with van der Waals surface area (Å²) in [5.41, 5.74) is 0.234. The van der Waals surface area contributed by atoms with E-state index in [1.54, 1.807) is 0 Å². The van der Waals surface area contributed by atoms with Crippen LogP contribution in [0.5, 0.6) is 0 Å². The van der Waals surface area contributed by atoms with Gasteiger partial charge in [0.05, 0.1) is 17.6 Å². The molecule has 0 unspecified atom stereocenters. The topological polar surface area (TPSA) is 67.6 Å². The summed E-state index contributed by atoms with van der Waals surface area (Å²) < 4.78 is 26.6. The molecule has 90 valence electrons. The van der Waals surface area contributed by atoms with Gasteiger partial charge in [-0.15, -0.1) is 0 Å². The zero-order valence-electron chi connectivity index (χ0n) is 8.94. The molecule has 7 heteroatoms. The number of carbonyl (C=O) groups is 1. The highest BCUT2D eigenvalue weighted by molar-refractivity contribution is 7.90. The van der Waals surface area contributed by atoms with Crippen molar-refractivity contribution in [1.82, 2.24) is 4.90 Å². The van der Waals surface area contributed by atoms with Gasteiger partial charge in [0.2, 0.25) is 5.22 Å². The van der Waals surface area contributed by atoms with E-state index in [4.69, 9.17) is 16.0 Å². The third-order valence-electron chi connectivity index (χ3n) is 1.99. The molecule has 1 amide bonds. The van der Waals surface area contributed by atoms with Gasteiger partial charge in [-0.3, -0.25) is 4.79 Å². The number of amides is 1. The summed E-state index contributed by atoms with van der Waals surface area (Å²) in [6.07, 6.45) is 2.43. The van der Waals surface area contributed by atoms with E-state index in [-0.39, 0.29) is 29.0 Å². The molecule has 16 heavy (non-hydrogen) atoms. The molecule has 0 N–H and O–H groups in total. The molecule has 0 radical (unpaired) electrons. The third kappa shape index (κ3) is 3.53. The van der Waals surface area contributed by atoms with Crippen molar-refractivity contribution in [3.8, 4) is 0 Å². The second kappa shape index (κ2) is 4.88. The molecule has 0 saturated carbocycles. The van der Waals surface area contributed by atoms with Crippen molar-refractivity contribution >= 4 is 27.3 Å². The van der Waals surface area contributed by atoms with Gasteiger partial charge in [-0.25, -0.2) is 8.42 Å². The van der Waals surface area contributed by atoms with Crippen LogP contribution >= 0.6 is 11.6 Å². The van der Waals surface area contributed by atoms with Crippen molar-refractivity contribution in [2.75, 3.05) is 25.6 Å². The lowest BCUT2D eigenvalue weighted by Gasteiger charge is -2.15. The molecule has 0 spiro atoms. The van der Waals surface area contributed by atoms with Crippen molar-refractivity contribution in [3.63, 3.8) is 0 Å². The van der Waals surface area contributed by atoms with E-state index in [0.29, 0.717) is 0 Å². The zero-order chi connectivity index (χ0) is 12.3. The highest BCUT2D eigenvalue weighted by Gasteiger charge is 2.18. The largest absolute Gasteiger partial charge is 0.452 e. The molecule has 0 aromatic carbocycles. The highest BCUT2D eigenvalue weighted by Crippen LogP contribution is 2.17. The van der Waals surface area contributed by atoms with E-state index in [9.17, 15) is 13.2 Å². The Labute approximate surface area is 98.9 Å². The molecule has 1 rings (SSSR count). The first-order valence-corrected chi connectivity index (χ1v) is 6.91. The van der Waals surface area contributed by atoms with Gasteiger partial charge in [-0.1, -0.05) is 0 Å². The van der Waals surface area contributed by atoms with Crippen LogP contribution in [-0.4, -0.2) is 44.8 Å². The van der Waals surface area contributed by atoms with Gasteiger partial charge in [0.15, 0.2) is 0 Å². The first-order valence-electron chi connectivity index (χ1n) is 4.47. The van der Waals surface area contributed by atoms with Gasteiger partial charge in [-0.2, -0.15) is 0 Å². The summed E-state index contributed by atoms with van der Waals surface area (Å²) in [5.74, 6) is -0.438. The van der Waals surface area contributed by atoms with Crippen molar-refractivity contribution < 1.29 is 17.6 Å². The SMILES string of the molecule is CN(CCS(C)(=O)=O)C(=O)c1ccoc1Cl. The molecule has 0 bridgehead atoms. The number of sulfone groups is 1. The summed E-state index contributed by atoms with van der Waals surface area (Å²) in [4.78, 5) is 13.0. The van der Waals surface area contributed by atoms with Gasteiger partial charge in [0, 0.05) is 19.8 Å². The molecule has 0 fully saturated rings. The van der Waals surface area contributed by atoms with Crippen molar-refractivity contribution in [2.24, 2.45) is 0 Å². The van der Waals surface area contributed by atoms with Crippen LogP contribution in [0.3, 0.4) is 0 Å². The van der Waals surface area contributed by atoms with Crippen LogP contribution in [0.15, 0.2) is 16.7 Å². The Morgan fingerprint density at radius 1 is 1.56 bits per heavy atom. The summed E-state index contributed by atoms with van der Waals surface area (Å²) in [5, 5.41) is 0.0104. The van der Waals surface area contributed by atoms with E-state index >= 15 is 0 Å². The van der Waals surface area contributed by atoms with Gasteiger partial charge in [-0.05, 0) is 17.7 Å².